The van der Waals surface area contributed by atoms with Crippen molar-refractivity contribution in [1.29, 1.82) is 0 Å². The number of aromatic amines is 1. The fraction of sp³-hybridized carbons (Fsp3) is 0.190. The van der Waals surface area contributed by atoms with E-state index in [0.717, 1.165) is 22.2 Å². The number of para-hydroxylation sites is 1. The first-order valence-electron chi connectivity index (χ1n) is 8.33. The van der Waals surface area contributed by atoms with Gasteiger partial charge >= 0.3 is 0 Å². The number of benzene rings is 2. The smallest absolute Gasteiger partial charge is 0.169 e. The molecule has 0 bridgehead atoms. The van der Waals surface area contributed by atoms with Gasteiger partial charge in [-0.1, -0.05) is 54.6 Å². The van der Waals surface area contributed by atoms with Crippen molar-refractivity contribution in [3.05, 3.63) is 78.0 Å². The Balaban J connectivity index is 1.73. The largest absolute Gasteiger partial charge is 0.298 e. The molecule has 0 radical (unpaired) electrons. The number of nitrogens with zero attached hydrogens (tertiary/aromatic N) is 1. The minimum Gasteiger partial charge on any atom is -0.298 e. The van der Waals surface area contributed by atoms with Crippen LogP contribution in [0.5, 0.6) is 0 Å². The highest BCUT2D eigenvalue weighted by Gasteiger charge is 2.45. The number of H-pyrrole nitrogens is 1. The fourth-order valence-corrected chi connectivity index (χ4v) is 3.52. The third-order valence-electron chi connectivity index (χ3n) is 5.04. The van der Waals surface area contributed by atoms with Gasteiger partial charge in [-0.05, 0) is 24.6 Å². The van der Waals surface area contributed by atoms with Gasteiger partial charge in [-0.2, -0.15) is 5.10 Å². The summed E-state index contributed by atoms with van der Waals surface area (Å²) in [5.41, 5.74) is 1.48. The average Bonchev–Trinajstić information content (AvgIpc) is 3.04. The van der Waals surface area contributed by atoms with Crippen LogP contribution in [0, 0.1) is 5.41 Å². The van der Waals surface area contributed by atoms with Crippen LogP contribution in [-0.4, -0.2) is 21.8 Å². The summed E-state index contributed by atoms with van der Waals surface area (Å²) in [6.45, 7) is 1.74. The molecule has 0 aliphatic heterocycles. The number of fused-ring (bicyclic) bond motifs is 1. The summed E-state index contributed by atoms with van der Waals surface area (Å²) in [6, 6.07) is 17.3. The highest BCUT2D eigenvalue weighted by molar-refractivity contribution is 6.16. The van der Waals surface area contributed by atoms with Crippen LogP contribution in [0.1, 0.15) is 24.1 Å². The molecular formula is C21H18N2O2. The molecule has 25 heavy (non-hydrogen) atoms. The Morgan fingerprint density at radius 1 is 1.04 bits per heavy atom. The Kier molecular flexibility index (Phi) is 3.61. The standard InChI is InChI=1S/C21H18N2O2/c1-21(13-18-16-9-5-6-10-17(16)22-23-18)19(24)12-11-15(20(21)25)14-7-3-2-4-8-14/h2-12,15H,13H2,1H3,(H,22,23). The molecule has 1 aliphatic carbocycles. The van der Waals surface area contributed by atoms with Crippen LogP contribution in [0.15, 0.2) is 66.7 Å². The van der Waals surface area contributed by atoms with Crippen molar-refractivity contribution < 1.29 is 9.59 Å². The molecule has 0 fully saturated rings. The van der Waals surface area contributed by atoms with Crippen LogP contribution in [0.2, 0.25) is 0 Å². The predicted molar refractivity (Wildman–Crippen MR) is 96.2 cm³/mol. The minimum absolute atomic E-state index is 0.0649. The van der Waals surface area contributed by atoms with Crippen molar-refractivity contribution in [3.8, 4) is 0 Å². The predicted octanol–water partition coefficient (Wildman–Crippen LogP) is 3.60. The summed E-state index contributed by atoms with van der Waals surface area (Å²) < 4.78 is 0. The molecule has 0 spiro atoms. The summed E-state index contributed by atoms with van der Waals surface area (Å²) >= 11 is 0. The Morgan fingerprint density at radius 2 is 1.76 bits per heavy atom. The van der Waals surface area contributed by atoms with Gasteiger partial charge in [-0.3, -0.25) is 14.7 Å². The van der Waals surface area contributed by atoms with Gasteiger partial charge in [0, 0.05) is 17.5 Å². The molecular weight excluding hydrogens is 312 g/mol. The van der Waals surface area contributed by atoms with Gasteiger partial charge in [0.05, 0.1) is 16.8 Å². The van der Waals surface area contributed by atoms with E-state index in [0.29, 0.717) is 6.42 Å². The Labute approximate surface area is 145 Å². The highest BCUT2D eigenvalue weighted by atomic mass is 16.2. The van der Waals surface area contributed by atoms with E-state index in [2.05, 4.69) is 10.2 Å². The third-order valence-corrected chi connectivity index (χ3v) is 5.04. The second-order valence-electron chi connectivity index (χ2n) is 6.70. The van der Waals surface area contributed by atoms with Crippen molar-refractivity contribution in [1.82, 2.24) is 10.2 Å². The molecule has 1 heterocycles. The molecule has 0 saturated carbocycles. The summed E-state index contributed by atoms with van der Waals surface area (Å²) in [5.74, 6) is -0.605. The average molecular weight is 330 g/mol. The fourth-order valence-electron chi connectivity index (χ4n) is 3.52. The number of allylic oxidation sites excluding steroid dienone is 2. The van der Waals surface area contributed by atoms with Crippen LogP contribution >= 0.6 is 0 Å². The van der Waals surface area contributed by atoms with Crippen molar-refractivity contribution in [2.75, 3.05) is 0 Å². The molecule has 4 rings (SSSR count). The first kappa shape index (κ1) is 15.5. The van der Waals surface area contributed by atoms with Crippen molar-refractivity contribution in [2.45, 2.75) is 19.3 Å². The summed E-state index contributed by atoms with van der Waals surface area (Å²) in [4.78, 5) is 25.8. The molecule has 0 amide bonds. The van der Waals surface area contributed by atoms with Gasteiger partial charge < -0.3 is 0 Å². The third kappa shape index (κ3) is 2.50. The maximum Gasteiger partial charge on any atom is 0.169 e. The molecule has 0 saturated heterocycles. The molecule has 2 atom stereocenters. The van der Waals surface area contributed by atoms with E-state index < -0.39 is 11.3 Å². The van der Waals surface area contributed by atoms with Crippen molar-refractivity contribution in [2.24, 2.45) is 5.41 Å². The van der Waals surface area contributed by atoms with E-state index in [1.807, 2.05) is 54.6 Å². The SMILES string of the molecule is CC1(Cc2[nH]nc3ccccc23)C(=O)C=CC(c2ccccc2)C1=O. The second-order valence-corrected chi connectivity index (χ2v) is 6.70. The van der Waals surface area contributed by atoms with Crippen LogP contribution in [0.25, 0.3) is 10.9 Å². The maximum absolute atomic E-state index is 13.2. The van der Waals surface area contributed by atoms with Gasteiger partial charge in [0.1, 0.15) is 0 Å². The molecule has 2 unspecified atom stereocenters. The summed E-state index contributed by atoms with van der Waals surface area (Å²) in [7, 11) is 0. The Morgan fingerprint density at radius 3 is 2.56 bits per heavy atom. The zero-order chi connectivity index (χ0) is 17.4. The molecule has 3 aromatic rings. The lowest BCUT2D eigenvalue weighted by atomic mass is 9.68. The number of carbonyl (C=O) groups is 2. The number of hydrogen-bond donors (Lipinski definition) is 1. The van der Waals surface area contributed by atoms with Gasteiger partial charge in [0.25, 0.3) is 0 Å². The molecule has 124 valence electrons. The van der Waals surface area contributed by atoms with E-state index in [1.165, 1.54) is 0 Å². The van der Waals surface area contributed by atoms with Crippen LogP contribution < -0.4 is 0 Å². The molecule has 4 heteroatoms. The van der Waals surface area contributed by atoms with Gasteiger partial charge in [-0.25, -0.2) is 0 Å². The number of ketones is 2. The van der Waals surface area contributed by atoms with Crippen molar-refractivity contribution >= 4 is 22.5 Å². The van der Waals surface area contributed by atoms with E-state index in [9.17, 15) is 9.59 Å². The van der Waals surface area contributed by atoms with Crippen molar-refractivity contribution in [3.63, 3.8) is 0 Å². The van der Waals surface area contributed by atoms with Gasteiger partial charge in [0.2, 0.25) is 0 Å². The van der Waals surface area contributed by atoms with Crippen LogP contribution in [0.3, 0.4) is 0 Å². The number of aromatic nitrogens is 2. The second kappa shape index (κ2) is 5.81. The first-order chi connectivity index (χ1) is 12.1. The van der Waals surface area contributed by atoms with Gasteiger partial charge in [0.15, 0.2) is 11.6 Å². The highest BCUT2D eigenvalue weighted by Crippen LogP contribution is 2.37. The number of carbonyl (C=O) groups excluding carboxylic acids is 2. The summed E-state index contributed by atoms with van der Waals surface area (Å²) in [6.07, 6.45) is 3.59. The lowest BCUT2D eigenvalue weighted by molar-refractivity contribution is -0.138. The Bertz CT molecular complexity index is 987. The quantitative estimate of drug-likeness (QED) is 0.746. The van der Waals surface area contributed by atoms with Crippen LogP contribution in [-0.2, 0) is 16.0 Å². The first-order valence-corrected chi connectivity index (χ1v) is 8.33. The maximum atomic E-state index is 13.2. The molecule has 1 aromatic heterocycles. The van der Waals surface area contributed by atoms with E-state index >= 15 is 0 Å². The van der Waals surface area contributed by atoms with E-state index in [1.54, 1.807) is 19.1 Å². The summed E-state index contributed by atoms with van der Waals surface area (Å²) in [5, 5.41) is 8.23. The molecule has 4 nitrogen and oxygen atoms in total. The number of hydrogen-bond acceptors (Lipinski definition) is 3. The zero-order valence-corrected chi connectivity index (χ0v) is 13.9. The monoisotopic (exact) mass is 330 g/mol. The van der Waals surface area contributed by atoms with Crippen LogP contribution in [0.4, 0.5) is 0 Å². The molecule has 2 aromatic carbocycles. The normalized spacial score (nSPS) is 23.3. The molecule has 1 N–H and O–H groups in total. The lowest BCUT2D eigenvalue weighted by Gasteiger charge is -2.31. The lowest BCUT2D eigenvalue weighted by Crippen LogP contribution is -2.43. The number of nitrogens with one attached hydrogen (secondary N) is 1. The topological polar surface area (TPSA) is 62.8 Å². The number of Topliss-reactive ketones (excluding diaryl/α,β-unsaturated/α-hetero) is 1. The van der Waals surface area contributed by atoms with E-state index in [-0.39, 0.29) is 11.6 Å². The minimum atomic E-state index is -1.09. The molecule has 1 aliphatic rings. The van der Waals surface area contributed by atoms with Gasteiger partial charge in [-0.15, -0.1) is 0 Å². The Hall–Kier alpha value is -3.01. The number of rotatable bonds is 3. The van der Waals surface area contributed by atoms with E-state index in [4.69, 9.17) is 0 Å². The zero-order valence-electron chi connectivity index (χ0n) is 13.9.